The highest BCUT2D eigenvalue weighted by Gasteiger charge is 2.31. The summed E-state index contributed by atoms with van der Waals surface area (Å²) in [6.07, 6.45) is 2.25. The van der Waals surface area contributed by atoms with E-state index in [2.05, 4.69) is 0 Å². The van der Waals surface area contributed by atoms with Crippen LogP contribution in [0, 0.1) is 12.8 Å². The summed E-state index contributed by atoms with van der Waals surface area (Å²) in [6, 6.07) is 5.09. The van der Waals surface area contributed by atoms with Gasteiger partial charge in [-0.25, -0.2) is 8.42 Å². The van der Waals surface area contributed by atoms with Gasteiger partial charge >= 0.3 is 0 Å². The van der Waals surface area contributed by atoms with Crippen molar-refractivity contribution in [2.45, 2.75) is 38.2 Å². The van der Waals surface area contributed by atoms with Crippen molar-refractivity contribution in [1.29, 1.82) is 0 Å². The minimum Gasteiger partial charge on any atom is -0.392 e. The summed E-state index contributed by atoms with van der Waals surface area (Å²) in [5.74, 6) is 0.524. The summed E-state index contributed by atoms with van der Waals surface area (Å²) in [5.41, 5.74) is 1.36. The second kappa shape index (κ2) is 5.61. The van der Waals surface area contributed by atoms with Gasteiger partial charge in [0.2, 0.25) is 10.0 Å². The maximum atomic E-state index is 12.7. The third-order valence-electron chi connectivity index (χ3n) is 3.56. The van der Waals surface area contributed by atoms with E-state index in [9.17, 15) is 8.42 Å². The molecule has 2 rings (SSSR count). The van der Waals surface area contributed by atoms with Crippen molar-refractivity contribution in [2.75, 3.05) is 13.1 Å². The molecular weight excluding hydrogens is 262 g/mol. The number of hydrogen-bond acceptors (Lipinski definition) is 3. The fourth-order valence-electron chi connectivity index (χ4n) is 2.15. The normalized spacial score (nSPS) is 16.0. The molecule has 1 N–H and O–H groups in total. The zero-order valence-corrected chi connectivity index (χ0v) is 12.3. The maximum absolute atomic E-state index is 12.7. The van der Waals surface area contributed by atoms with Crippen molar-refractivity contribution in [3.63, 3.8) is 0 Å². The Morgan fingerprint density at radius 1 is 1.37 bits per heavy atom. The first-order valence-electron chi connectivity index (χ1n) is 6.69. The highest BCUT2D eigenvalue weighted by Crippen LogP contribution is 2.32. The lowest BCUT2D eigenvalue weighted by molar-refractivity contribution is 0.281. The van der Waals surface area contributed by atoms with Gasteiger partial charge in [-0.3, -0.25) is 0 Å². The Balaban J connectivity index is 2.35. The minimum atomic E-state index is -3.45. The van der Waals surface area contributed by atoms with Gasteiger partial charge in [-0.15, -0.1) is 0 Å². The van der Waals surface area contributed by atoms with Gasteiger partial charge < -0.3 is 5.11 Å². The summed E-state index contributed by atoms with van der Waals surface area (Å²) in [4.78, 5) is 0.321. The Morgan fingerprint density at radius 2 is 2.05 bits per heavy atom. The molecule has 106 valence electrons. The molecule has 4 nitrogen and oxygen atoms in total. The van der Waals surface area contributed by atoms with E-state index in [0.717, 1.165) is 18.4 Å². The van der Waals surface area contributed by atoms with Gasteiger partial charge in [-0.2, -0.15) is 4.31 Å². The molecule has 0 heterocycles. The van der Waals surface area contributed by atoms with E-state index in [-0.39, 0.29) is 6.61 Å². The van der Waals surface area contributed by atoms with E-state index in [1.165, 1.54) is 0 Å². The molecule has 0 aromatic heterocycles. The maximum Gasteiger partial charge on any atom is 0.243 e. The van der Waals surface area contributed by atoms with E-state index >= 15 is 0 Å². The average molecular weight is 283 g/mol. The molecule has 5 heteroatoms. The number of aryl methyl sites for hydroxylation is 1. The second-order valence-corrected chi connectivity index (χ2v) is 7.06. The van der Waals surface area contributed by atoms with Crippen molar-refractivity contribution in [1.82, 2.24) is 4.31 Å². The van der Waals surface area contributed by atoms with Crippen molar-refractivity contribution >= 4 is 10.0 Å². The molecular formula is C14H21NO3S. The quantitative estimate of drug-likeness (QED) is 0.867. The molecule has 1 fully saturated rings. The fraction of sp³-hybridized carbons (Fsp3) is 0.571. The molecule has 0 bridgehead atoms. The van der Waals surface area contributed by atoms with Crippen molar-refractivity contribution < 1.29 is 13.5 Å². The predicted octanol–water partition coefficient (Wildman–Crippen LogP) is 1.91. The highest BCUT2D eigenvalue weighted by atomic mass is 32.2. The number of rotatable bonds is 6. The Labute approximate surface area is 115 Å². The second-order valence-electron chi connectivity index (χ2n) is 5.16. The van der Waals surface area contributed by atoms with Gasteiger partial charge in [-0.05, 0) is 42.9 Å². The lowest BCUT2D eigenvalue weighted by atomic mass is 10.2. The molecule has 19 heavy (non-hydrogen) atoms. The first-order chi connectivity index (χ1) is 8.98. The van der Waals surface area contributed by atoms with E-state index in [4.69, 9.17) is 5.11 Å². The number of aliphatic hydroxyl groups excluding tert-OH is 1. The summed E-state index contributed by atoms with van der Waals surface area (Å²) < 4.78 is 26.9. The van der Waals surface area contributed by atoms with Crippen LogP contribution in [0.25, 0.3) is 0 Å². The molecule has 1 aliphatic carbocycles. The number of hydrogen-bond donors (Lipinski definition) is 1. The topological polar surface area (TPSA) is 57.6 Å². The molecule has 0 saturated heterocycles. The molecule has 0 aliphatic heterocycles. The van der Waals surface area contributed by atoms with Crippen LogP contribution in [0.4, 0.5) is 0 Å². The van der Waals surface area contributed by atoms with E-state index in [1.54, 1.807) is 29.4 Å². The summed E-state index contributed by atoms with van der Waals surface area (Å²) in [6.45, 7) is 4.62. The molecule has 1 aromatic carbocycles. The van der Waals surface area contributed by atoms with Gasteiger partial charge in [0.05, 0.1) is 11.5 Å². The Kier molecular flexibility index (Phi) is 4.28. The monoisotopic (exact) mass is 283 g/mol. The van der Waals surface area contributed by atoms with Gasteiger partial charge in [-0.1, -0.05) is 19.1 Å². The molecule has 0 radical (unpaired) electrons. The Hall–Kier alpha value is -0.910. The average Bonchev–Trinajstić information content (AvgIpc) is 3.20. The van der Waals surface area contributed by atoms with Gasteiger partial charge in [0.1, 0.15) is 0 Å². The smallest absolute Gasteiger partial charge is 0.243 e. The zero-order chi connectivity index (χ0) is 14.0. The molecule has 0 spiro atoms. The largest absolute Gasteiger partial charge is 0.392 e. The standard InChI is InChI=1S/C14H21NO3S/c1-3-15(9-12-6-7-12)19(17,18)14-8-13(10-16)5-4-11(14)2/h4-5,8,12,16H,3,6-7,9-10H2,1-2H3. The molecule has 1 saturated carbocycles. The Morgan fingerprint density at radius 3 is 2.58 bits per heavy atom. The number of aliphatic hydroxyl groups is 1. The molecule has 1 aliphatic rings. The van der Waals surface area contributed by atoms with Crippen LogP contribution < -0.4 is 0 Å². The van der Waals surface area contributed by atoms with E-state index in [0.29, 0.717) is 29.5 Å². The number of nitrogens with zero attached hydrogens (tertiary/aromatic N) is 1. The number of benzene rings is 1. The highest BCUT2D eigenvalue weighted by molar-refractivity contribution is 7.89. The van der Waals surface area contributed by atoms with Crippen LogP contribution in [0.2, 0.25) is 0 Å². The van der Waals surface area contributed by atoms with Crippen LogP contribution in [0.5, 0.6) is 0 Å². The first kappa shape index (κ1) is 14.5. The molecule has 0 atom stereocenters. The van der Waals surface area contributed by atoms with Gasteiger partial charge in [0.25, 0.3) is 0 Å². The van der Waals surface area contributed by atoms with Crippen LogP contribution in [-0.4, -0.2) is 30.9 Å². The lowest BCUT2D eigenvalue weighted by Crippen LogP contribution is -2.33. The van der Waals surface area contributed by atoms with Crippen molar-refractivity contribution in [2.24, 2.45) is 5.92 Å². The molecule has 0 amide bonds. The van der Waals surface area contributed by atoms with E-state index < -0.39 is 10.0 Å². The van der Waals surface area contributed by atoms with Crippen LogP contribution >= 0.6 is 0 Å². The summed E-state index contributed by atoms with van der Waals surface area (Å²) in [5, 5.41) is 9.16. The first-order valence-corrected chi connectivity index (χ1v) is 8.13. The van der Waals surface area contributed by atoms with Crippen molar-refractivity contribution in [3.05, 3.63) is 29.3 Å². The predicted molar refractivity (Wildman–Crippen MR) is 74.3 cm³/mol. The fourth-order valence-corrected chi connectivity index (χ4v) is 3.95. The van der Waals surface area contributed by atoms with Gasteiger partial charge in [0, 0.05) is 13.1 Å². The third kappa shape index (κ3) is 3.16. The SMILES string of the molecule is CCN(CC1CC1)S(=O)(=O)c1cc(CO)ccc1C. The van der Waals surface area contributed by atoms with Gasteiger partial charge in [0.15, 0.2) is 0 Å². The summed E-state index contributed by atoms with van der Waals surface area (Å²) >= 11 is 0. The molecule has 1 aromatic rings. The zero-order valence-electron chi connectivity index (χ0n) is 11.5. The molecule has 0 unspecified atom stereocenters. The Bertz CT molecular complexity index is 550. The minimum absolute atomic E-state index is 0.141. The third-order valence-corrected chi connectivity index (χ3v) is 5.65. The summed E-state index contributed by atoms with van der Waals surface area (Å²) in [7, 11) is -3.45. The van der Waals surface area contributed by atoms with Crippen LogP contribution in [0.1, 0.15) is 30.9 Å². The van der Waals surface area contributed by atoms with Crippen LogP contribution in [0.15, 0.2) is 23.1 Å². The van der Waals surface area contributed by atoms with Crippen molar-refractivity contribution in [3.8, 4) is 0 Å². The number of sulfonamides is 1. The van der Waals surface area contributed by atoms with Crippen LogP contribution in [0.3, 0.4) is 0 Å². The lowest BCUT2D eigenvalue weighted by Gasteiger charge is -2.21. The van der Waals surface area contributed by atoms with E-state index in [1.807, 2.05) is 6.92 Å². The van der Waals surface area contributed by atoms with Crippen LogP contribution in [-0.2, 0) is 16.6 Å².